The minimum atomic E-state index is -0.697. The highest BCUT2D eigenvalue weighted by Gasteiger charge is 2.32. The Kier molecular flexibility index (Phi) is 8.02. The van der Waals surface area contributed by atoms with Crippen molar-refractivity contribution >= 4 is 29.0 Å². The van der Waals surface area contributed by atoms with Gasteiger partial charge in [0.25, 0.3) is 11.5 Å². The molecule has 2 heterocycles. The second-order valence-corrected chi connectivity index (χ2v) is 11.0. The molecule has 0 unspecified atom stereocenters. The van der Waals surface area contributed by atoms with Crippen molar-refractivity contribution in [2.24, 2.45) is 4.99 Å². The molecule has 0 saturated heterocycles. The summed E-state index contributed by atoms with van der Waals surface area (Å²) in [7, 11) is 1.59. The van der Waals surface area contributed by atoms with Crippen molar-refractivity contribution < 1.29 is 14.3 Å². The number of anilines is 1. The molecule has 1 N–H and O–H groups in total. The van der Waals surface area contributed by atoms with Crippen molar-refractivity contribution in [1.29, 1.82) is 0 Å². The molecule has 7 nitrogen and oxygen atoms in total. The first-order valence-corrected chi connectivity index (χ1v) is 14.6. The first-order valence-electron chi connectivity index (χ1n) is 13.8. The number of ether oxygens (including phenoxy) is 2. The van der Waals surface area contributed by atoms with Crippen LogP contribution in [0.25, 0.3) is 6.08 Å². The Morgan fingerprint density at radius 1 is 0.930 bits per heavy atom. The van der Waals surface area contributed by atoms with Gasteiger partial charge in [-0.3, -0.25) is 14.2 Å². The van der Waals surface area contributed by atoms with E-state index in [1.54, 1.807) is 18.6 Å². The molecular weight excluding hydrogens is 558 g/mol. The summed E-state index contributed by atoms with van der Waals surface area (Å²) in [6.07, 6.45) is 1.84. The Bertz CT molecular complexity index is 2000. The quantitative estimate of drug-likeness (QED) is 0.261. The zero-order valence-electron chi connectivity index (χ0n) is 23.7. The Hall–Kier alpha value is -5.21. The van der Waals surface area contributed by atoms with Crippen LogP contribution < -0.4 is 29.7 Å². The van der Waals surface area contributed by atoms with Crippen molar-refractivity contribution in [2.75, 3.05) is 12.4 Å². The van der Waals surface area contributed by atoms with Gasteiger partial charge in [-0.15, -0.1) is 0 Å². The summed E-state index contributed by atoms with van der Waals surface area (Å²) >= 11 is 1.29. The molecule has 0 aliphatic carbocycles. The summed E-state index contributed by atoms with van der Waals surface area (Å²) in [5.41, 5.74) is 4.01. The smallest absolute Gasteiger partial charge is 0.271 e. The highest BCUT2D eigenvalue weighted by molar-refractivity contribution is 7.07. The van der Waals surface area contributed by atoms with Crippen LogP contribution in [0.3, 0.4) is 0 Å². The molecule has 0 spiro atoms. The number of allylic oxidation sites excluding steroid dienone is 1. The summed E-state index contributed by atoms with van der Waals surface area (Å²) in [6, 6.07) is 33.6. The zero-order valence-corrected chi connectivity index (χ0v) is 24.5. The van der Waals surface area contributed by atoms with E-state index in [1.807, 2.05) is 115 Å². The molecule has 1 amide bonds. The van der Waals surface area contributed by atoms with Gasteiger partial charge < -0.3 is 14.8 Å². The molecule has 0 bridgehead atoms. The number of nitrogens with zero attached hydrogens (tertiary/aromatic N) is 2. The largest absolute Gasteiger partial charge is 0.497 e. The van der Waals surface area contributed by atoms with Gasteiger partial charge in [0, 0.05) is 5.69 Å². The van der Waals surface area contributed by atoms with Crippen molar-refractivity contribution in [2.45, 2.75) is 19.6 Å². The summed E-state index contributed by atoms with van der Waals surface area (Å²) in [5.74, 6) is 1.01. The Balaban J connectivity index is 1.40. The molecule has 1 aromatic heterocycles. The van der Waals surface area contributed by atoms with Gasteiger partial charge in [-0.25, -0.2) is 4.99 Å². The highest BCUT2D eigenvalue weighted by atomic mass is 32.1. The average molecular weight is 588 g/mol. The second-order valence-electron chi connectivity index (χ2n) is 10.0. The van der Waals surface area contributed by atoms with E-state index in [9.17, 15) is 9.59 Å². The standard InChI is InChI=1S/C35H29N3O4S/c1-23-31(33(39)37-27-15-7-4-8-16-27)32(26-14-10-17-28(21-26)41-2)38-34(40)30(43-35(38)36-23)20-25-13-9-18-29(19-25)42-22-24-11-5-3-6-12-24/h3-21,32H,22H2,1-2H3,(H,37,39)/b30-20+/t32-/m1/s1. The van der Waals surface area contributed by atoms with E-state index >= 15 is 0 Å². The predicted octanol–water partition coefficient (Wildman–Crippen LogP) is 5.46. The lowest BCUT2D eigenvalue weighted by Crippen LogP contribution is -2.40. The van der Waals surface area contributed by atoms with Crippen LogP contribution in [0.5, 0.6) is 11.5 Å². The lowest BCUT2D eigenvalue weighted by atomic mass is 9.95. The van der Waals surface area contributed by atoms with E-state index < -0.39 is 6.04 Å². The van der Waals surface area contributed by atoms with Crippen LogP contribution in [0.15, 0.2) is 130 Å². The topological polar surface area (TPSA) is 81.9 Å². The lowest BCUT2D eigenvalue weighted by Gasteiger charge is -2.25. The maximum atomic E-state index is 14.1. The second kappa shape index (κ2) is 12.3. The van der Waals surface area contributed by atoms with Crippen molar-refractivity contribution in [1.82, 2.24) is 4.57 Å². The number of aromatic nitrogens is 1. The average Bonchev–Trinajstić information content (AvgIpc) is 3.34. The molecule has 0 saturated carbocycles. The molecule has 5 aromatic rings. The number of fused-ring (bicyclic) bond motifs is 1. The monoisotopic (exact) mass is 587 g/mol. The lowest BCUT2D eigenvalue weighted by molar-refractivity contribution is -0.113. The summed E-state index contributed by atoms with van der Waals surface area (Å²) in [4.78, 5) is 33.1. The number of para-hydroxylation sites is 1. The van der Waals surface area contributed by atoms with Crippen molar-refractivity contribution in [3.8, 4) is 11.5 Å². The molecule has 1 atom stereocenters. The molecule has 4 aromatic carbocycles. The van der Waals surface area contributed by atoms with Gasteiger partial charge >= 0.3 is 0 Å². The number of amides is 1. The van der Waals surface area contributed by atoms with Gasteiger partial charge in [0.2, 0.25) is 0 Å². The van der Waals surface area contributed by atoms with E-state index in [4.69, 9.17) is 14.5 Å². The third kappa shape index (κ3) is 6.05. The zero-order chi connectivity index (χ0) is 29.8. The first-order chi connectivity index (χ1) is 21.0. The van der Waals surface area contributed by atoms with Gasteiger partial charge in [-0.05, 0) is 66.1 Å². The van der Waals surface area contributed by atoms with Gasteiger partial charge in [0.15, 0.2) is 4.80 Å². The minimum Gasteiger partial charge on any atom is -0.497 e. The van der Waals surface area contributed by atoms with Gasteiger partial charge in [-0.2, -0.15) is 0 Å². The number of thiazole rings is 1. The number of carbonyl (C=O) groups is 1. The number of carbonyl (C=O) groups excluding carboxylic acids is 1. The van der Waals surface area contributed by atoms with Crippen molar-refractivity contribution in [3.05, 3.63) is 157 Å². The van der Waals surface area contributed by atoms with E-state index in [-0.39, 0.29) is 11.5 Å². The third-order valence-corrected chi connectivity index (χ3v) is 8.09. The van der Waals surface area contributed by atoms with Crippen molar-refractivity contribution in [3.63, 3.8) is 0 Å². The molecular formula is C35H29N3O4S. The van der Waals surface area contributed by atoms with E-state index in [0.29, 0.717) is 44.4 Å². The van der Waals surface area contributed by atoms with Crippen LogP contribution in [0.2, 0.25) is 0 Å². The molecule has 214 valence electrons. The van der Waals surface area contributed by atoms with Gasteiger partial charge in [0.05, 0.1) is 29.0 Å². The first kappa shape index (κ1) is 27.9. The van der Waals surface area contributed by atoms with Crippen LogP contribution in [0, 0.1) is 0 Å². The maximum absolute atomic E-state index is 14.1. The van der Waals surface area contributed by atoms with Crippen LogP contribution >= 0.6 is 11.3 Å². The van der Waals surface area contributed by atoms with Crippen LogP contribution in [-0.2, 0) is 11.4 Å². The van der Waals surface area contributed by atoms with Crippen LogP contribution in [0.1, 0.15) is 29.7 Å². The number of rotatable bonds is 8. The van der Waals surface area contributed by atoms with Crippen LogP contribution in [-0.4, -0.2) is 17.6 Å². The number of methoxy groups -OCH3 is 1. The molecule has 43 heavy (non-hydrogen) atoms. The Morgan fingerprint density at radius 2 is 1.65 bits per heavy atom. The SMILES string of the molecule is COc1cccc([C@@H]2C(C(=O)Nc3ccccc3)=C(C)N=c3s/c(=C/c4cccc(OCc5ccccc5)c4)c(=O)n32)c1. The predicted molar refractivity (Wildman–Crippen MR) is 169 cm³/mol. The van der Waals surface area contributed by atoms with E-state index in [0.717, 1.165) is 16.7 Å². The Morgan fingerprint density at radius 3 is 2.42 bits per heavy atom. The molecule has 0 radical (unpaired) electrons. The normalized spacial score (nSPS) is 14.6. The fourth-order valence-electron chi connectivity index (χ4n) is 5.05. The highest BCUT2D eigenvalue weighted by Crippen LogP contribution is 2.32. The van der Waals surface area contributed by atoms with E-state index in [1.165, 1.54) is 11.3 Å². The number of nitrogens with one attached hydrogen (secondary N) is 1. The Labute approximate surface area is 252 Å². The molecule has 0 fully saturated rings. The number of hydrogen-bond acceptors (Lipinski definition) is 6. The molecule has 1 aliphatic heterocycles. The minimum absolute atomic E-state index is 0.232. The maximum Gasteiger partial charge on any atom is 0.271 e. The molecule has 8 heteroatoms. The fraction of sp³-hybridized carbons (Fsp3) is 0.114. The molecule has 6 rings (SSSR count). The fourth-order valence-corrected chi connectivity index (χ4v) is 6.09. The summed E-state index contributed by atoms with van der Waals surface area (Å²) in [6.45, 7) is 2.25. The van der Waals surface area contributed by atoms with E-state index in [2.05, 4.69) is 5.32 Å². The van der Waals surface area contributed by atoms with Crippen LogP contribution in [0.4, 0.5) is 5.69 Å². The third-order valence-electron chi connectivity index (χ3n) is 7.11. The van der Waals surface area contributed by atoms with Gasteiger partial charge in [-0.1, -0.05) is 84.1 Å². The van der Waals surface area contributed by atoms with Gasteiger partial charge in [0.1, 0.15) is 18.1 Å². The summed E-state index contributed by atoms with van der Waals surface area (Å²) in [5, 5.41) is 2.98. The molecule has 1 aliphatic rings. The number of benzene rings is 4. The number of hydrogen-bond donors (Lipinski definition) is 1. The summed E-state index contributed by atoms with van der Waals surface area (Å²) < 4.78 is 13.6.